The Morgan fingerprint density at radius 3 is 2.66 bits per heavy atom. The van der Waals surface area contributed by atoms with E-state index in [9.17, 15) is 4.79 Å². The summed E-state index contributed by atoms with van der Waals surface area (Å²) in [7, 11) is 0. The molecule has 0 atom stereocenters. The van der Waals surface area contributed by atoms with Crippen molar-refractivity contribution in [2.45, 2.75) is 58.9 Å². The van der Waals surface area contributed by atoms with Gasteiger partial charge in [-0.2, -0.15) is 4.57 Å². The topological polar surface area (TPSA) is 42.2 Å². The van der Waals surface area contributed by atoms with Crippen LogP contribution in [0.2, 0.25) is 5.02 Å². The lowest BCUT2D eigenvalue weighted by Gasteiger charge is -2.10. The zero-order valence-electron chi connectivity index (χ0n) is 18.9. The van der Waals surface area contributed by atoms with E-state index < -0.39 is 0 Å². The number of nitrogens with one attached hydrogen (secondary N) is 1. The third-order valence-electron chi connectivity index (χ3n) is 5.37. The number of nitrogens with zero attached hydrogens (tertiary/aromatic N) is 1. The van der Waals surface area contributed by atoms with Crippen molar-refractivity contribution in [3.63, 3.8) is 0 Å². The Kier molecular flexibility index (Phi) is 9.57. The summed E-state index contributed by atoms with van der Waals surface area (Å²) in [6.45, 7) is 5.73. The summed E-state index contributed by atoms with van der Waals surface area (Å²) in [4.78, 5) is 12.7. The van der Waals surface area contributed by atoms with Gasteiger partial charge in [0.1, 0.15) is 5.75 Å². The van der Waals surface area contributed by atoms with E-state index in [1.165, 1.54) is 37.8 Å². The van der Waals surface area contributed by atoms with Crippen LogP contribution in [0, 0.1) is 6.92 Å². The van der Waals surface area contributed by atoms with E-state index in [1.54, 1.807) is 29.5 Å². The molecule has 0 saturated heterocycles. The Morgan fingerprint density at radius 1 is 1.09 bits per heavy atom. The Morgan fingerprint density at radius 2 is 1.91 bits per heavy atom. The van der Waals surface area contributed by atoms with E-state index in [0.29, 0.717) is 22.9 Å². The summed E-state index contributed by atoms with van der Waals surface area (Å²) in [5.74, 6) is 0.438. The van der Waals surface area contributed by atoms with E-state index in [4.69, 9.17) is 16.3 Å². The molecule has 0 spiro atoms. The molecule has 1 N–H and O–H groups in total. The number of hydrogen-bond donors (Lipinski definition) is 1. The first-order valence-electron chi connectivity index (χ1n) is 11.3. The maximum absolute atomic E-state index is 12.7. The van der Waals surface area contributed by atoms with Crippen LogP contribution in [-0.4, -0.2) is 12.5 Å². The van der Waals surface area contributed by atoms with E-state index in [1.807, 2.05) is 18.2 Å². The first-order chi connectivity index (χ1) is 15.6. The normalized spacial score (nSPS) is 10.8. The van der Waals surface area contributed by atoms with Crippen molar-refractivity contribution in [2.24, 2.45) is 0 Å². The second-order valence-electron chi connectivity index (χ2n) is 8.04. The molecule has 1 aromatic heterocycles. The maximum atomic E-state index is 12.7. The number of unbranched alkanes of at least 4 members (excludes halogenated alkanes) is 5. The Labute approximate surface area is 200 Å². The molecule has 0 aliphatic heterocycles. The predicted octanol–water partition coefficient (Wildman–Crippen LogP) is 7.04. The molecule has 3 rings (SSSR count). The van der Waals surface area contributed by atoms with Crippen molar-refractivity contribution >= 4 is 34.5 Å². The average Bonchev–Trinajstić information content (AvgIpc) is 3.18. The third-order valence-corrected chi connectivity index (χ3v) is 6.52. The molecule has 4 nitrogen and oxygen atoms in total. The van der Waals surface area contributed by atoms with Gasteiger partial charge in [0.05, 0.1) is 17.0 Å². The third kappa shape index (κ3) is 7.35. The summed E-state index contributed by atoms with van der Waals surface area (Å²) in [5, 5.41) is 5.55. The minimum atomic E-state index is -0.189. The summed E-state index contributed by atoms with van der Waals surface area (Å²) in [6.07, 6.45) is 7.27. The highest BCUT2D eigenvalue weighted by Gasteiger charge is 2.12. The number of benzene rings is 2. The van der Waals surface area contributed by atoms with Crippen LogP contribution in [0.25, 0.3) is 0 Å². The van der Waals surface area contributed by atoms with Gasteiger partial charge in [0, 0.05) is 23.7 Å². The molecule has 0 fully saturated rings. The van der Waals surface area contributed by atoms with Crippen molar-refractivity contribution in [2.75, 3.05) is 11.9 Å². The molecule has 0 aliphatic rings. The van der Waals surface area contributed by atoms with Crippen LogP contribution in [0.3, 0.4) is 0 Å². The number of halogens is 1. The van der Waals surface area contributed by atoms with Crippen LogP contribution in [0.15, 0.2) is 53.4 Å². The number of aryl methyl sites for hydroxylation is 1. The number of ether oxygens (including phenoxy) is 1. The number of carbonyl (C=O) groups is 1. The molecule has 1 amide bonds. The lowest BCUT2D eigenvalue weighted by Crippen LogP contribution is -2.34. The number of rotatable bonds is 12. The number of thiazole rings is 1. The molecule has 0 aliphatic carbocycles. The first-order valence-corrected chi connectivity index (χ1v) is 12.6. The molecule has 32 heavy (non-hydrogen) atoms. The fourth-order valence-corrected chi connectivity index (χ4v) is 4.50. The standard InChI is InChI=1S/C26H31ClN2O2S/c1-3-4-5-6-7-8-14-31-25-13-12-22(16-24(25)27)26(30)28-23-11-9-10-21(15-23)17-29-19-32-18-20(29)2/h9-13,15-16,18-19H,3-8,14,17H2,1-2H3/p+1. The molecule has 0 bridgehead atoms. The van der Waals surface area contributed by atoms with E-state index in [2.05, 4.69) is 40.7 Å². The highest BCUT2D eigenvalue weighted by Crippen LogP contribution is 2.26. The lowest BCUT2D eigenvalue weighted by atomic mass is 10.1. The summed E-state index contributed by atoms with van der Waals surface area (Å²) in [6, 6.07) is 13.1. The molecule has 0 saturated carbocycles. The summed E-state index contributed by atoms with van der Waals surface area (Å²) >= 11 is 8.05. The van der Waals surface area contributed by atoms with Gasteiger partial charge in [-0.05, 0) is 36.8 Å². The van der Waals surface area contributed by atoms with Crippen molar-refractivity contribution < 1.29 is 14.1 Å². The van der Waals surface area contributed by atoms with Crippen LogP contribution in [0.1, 0.15) is 67.1 Å². The highest BCUT2D eigenvalue weighted by molar-refractivity contribution is 7.07. The lowest BCUT2D eigenvalue weighted by molar-refractivity contribution is -0.689. The van der Waals surface area contributed by atoms with E-state index in [-0.39, 0.29) is 5.91 Å². The van der Waals surface area contributed by atoms with Gasteiger partial charge in [0.2, 0.25) is 5.51 Å². The monoisotopic (exact) mass is 471 g/mol. The first kappa shape index (κ1) is 24.3. The van der Waals surface area contributed by atoms with Crippen molar-refractivity contribution in [3.8, 4) is 5.75 Å². The van der Waals surface area contributed by atoms with Crippen LogP contribution in [0.4, 0.5) is 5.69 Å². The van der Waals surface area contributed by atoms with E-state index >= 15 is 0 Å². The molecule has 170 valence electrons. The second kappa shape index (κ2) is 12.6. The average molecular weight is 472 g/mol. The van der Waals surface area contributed by atoms with Gasteiger partial charge in [-0.1, -0.05) is 74.1 Å². The van der Waals surface area contributed by atoms with Crippen molar-refractivity contribution in [1.82, 2.24) is 0 Å². The Hall–Kier alpha value is -2.37. The minimum absolute atomic E-state index is 0.189. The Balaban J connectivity index is 1.52. The number of aromatic nitrogens is 1. The highest BCUT2D eigenvalue weighted by atomic mass is 35.5. The zero-order valence-corrected chi connectivity index (χ0v) is 20.5. The molecule has 3 aromatic rings. The molecular weight excluding hydrogens is 440 g/mol. The molecule has 2 aromatic carbocycles. The van der Waals surface area contributed by atoms with E-state index in [0.717, 1.165) is 24.2 Å². The van der Waals surface area contributed by atoms with Crippen LogP contribution < -0.4 is 14.6 Å². The molecular formula is C26H32ClN2O2S+. The number of anilines is 1. The van der Waals surface area contributed by atoms with Gasteiger partial charge in [-0.25, -0.2) is 0 Å². The maximum Gasteiger partial charge on any atom is 0.255 e. The summed E-state index contributed by atoms with van der Waals surface area (Å²) in [5.41, 5.74) is 5.72. The predicted molar refractivity (Wildman–Crippen MR) is 133 cm³/mol. The van der Waals surface area contributed by atoms with Crippen LogP contribution >= 0.6 is 22.9 Å². The van der Waals surface area contributed by atoms with Gasteiger partial charge in [0.25, 0.3) is 5.91 Å². The minimum Gasteiger partial charge on any atom is -0.492 e. The number of carbonyl (C=O) groups excluding carboxylic acids is 1. The van der Waals surface area contributed by atoms with Gasteiger partial charge < -0.3 is 10.1 Å². The van der Waals surface area contributed by atoms with Crippen LogP contribution in [0.5, 0.6) is 5.75 Å². The molecule has 0 radical (unpaired) electrons. The van der Waals surface area contributed by atoms with Gasteiger partial charge in [0.15, 0.2) is 12.2 Å². The number of amides is 1. The smallest absolute Gasteiger partial charge is 0.255 e. The fraction of sp³-hybridized carbons (Fsp3) is 0.385. The SMILES string of the molecule is CCCCCCCCOc1ccc(C(=O)Nc2cccc(C[n+]3cscc3C)c2)cc1Cl. The zero-order chi connectivity index (χ0) is 22.8. The van der Waals surface area contributed by atoms with Crippen LogP contribution in [-0.2, 0) is 6.54 Å². The number of hydrogen-bond acceptors (Lipinski definition) is 3. The molecule has 6 heteroatoms. The van der Waals surface area contributed by atoms with Crippen molar-refractivity contribution in [1.29, 1.82) is 0 Å². The largest absolute Gasteiger partial charge is 0.492 e. The quantitative estimate of drug-likeness (QED) is 0.227. The van der Waals surface area contributed by atoms with Gasteiger partial charge in [-0.3, -0.25) is 4.79 Å². The second-order valence-corrected chi connectivity index (χ2v) is 9.17. The summed E-state index contributed by atoms with van der Waals surface area (Å²) < 4.78 is 8.00. The van der Waals surface area contributed by atoms with Gasteiger partial charge >= 0.3 is 0 Å². The molecule has 0 unspecified atom stereocenters. The fourth-order valence-electron chi connectivity index (χ4n) is 3.49. The Bertz CT molecular complexity index is 1020. The molecule has 1 heterocycles. The van der Waals surface area contributed by atoms with Gasteiger partial charge in [-0.15, -0.1) is 0 Å². The van der Waals surface area contributed by atoms with Crippen molar-refractivity contribution in [3.05, 3.63) is 75.2 Å².